The molecule has 0 aliphatic heterocycles. The van der Waals surface area contributed by atoms with Gasteiger partial charge in [-0.2, -0.15) is 0 Å². The molecule has 280 valence electrons. The molecular weight excluding hydrogens is 644 g/mol. The third kappa shape index (κ3) is 5.95. The van der Waals surface area contributed by atoms with Crippen molar-refractivity contribution in [1.82, 2.24) is 0 Å². The average molecular weight is 705 g/mol. The summed E-state index contributed by atoms with van der Waals surface area (Å²) in [5.74, 6) is 0.367. The van der Waals surface area contributed by atoms with Crippen LogP contribution in [0.4, 0.5) is 0 Å². The maximum atomic E-state index is 13.8. The Morgan fingerprint density at radius 1 is 0.745 bits per heavy atom. The maximum absolute atomic E-state index is 13.8. The van der Waals surface area contributed by atoms with Crippen LogP contribution in [0.15, 0.2) is 30.4 Å². The number of ether oxygens (including phenoxy) is 4. The first kappa shape index (κ1) is 37.6. The van der Waals surface area contributed by atoms with Gasteiger partial charge < -0.3 is 18.9 Å². The summed E-state index contributed by atoms with van der Waals surface area (Å²) >= 11 is 0. The second-order valence-electron chi connectivity index (χ2n) is 18.4. The van der Waals surface area contributed by atoms with E-state index in [1.807, 2.05) is 0 Å². The largest absolute Gasteiger partial charge is 0.465 e. The van der Waals surface area contributed by atoms with E-state index >= 15 is 0 Å². The van der Waals surface area contributed by atoms with Crippen LogP contribution in [-0.2, 0) is 23.9 Å². The number of hydrogen-bond acceptors (Lipinski definition) is 8. The lowest BCUT2D eigenvalue weighted by molar-refractivity contribution is -0.249. The van der Waals surface area contributed by atoms with Crippen LogP contribution in [0.25, 0.3) is 0 Å². The minimum absolute atomic E-state index is 0.0109. The molecule has 5 fully saturated rings. The van der Waals surface area contributed by atoms with Gasteiger partial charge in [-0.3, -0.25) is 14.4 Å². The van der Waals surface area contributed by atoms with Gasteiger partial charge in [-0.05, 0) is 129 Å². The molecule has 51 heavy (non-hydrogen) atoms. The Morgan fingerprint density at radius 3 is 2.10 bits per heavy atom. The lowest BCUT2D eigenvalue weighted by atomic mass is 9.32. The van der Waals surface area contributed by atoms with E-state index in [0.29, 0.717) is 36.2 Å². The lowest BCUT2D eigenvalue weighted by Crippen LogP contribution is -2.67. The van der Waals surface area contributed by atoms with Crippen LogP contribution in [0.5, 0.6) is 11.5 Å². The molecule has 10 atom stereocenters. The highest BCUT2D eigenvalue weighted by atomic mass is 16.6. The molecule has 5 aliphatic carbocycles. The Bertz CT molecular complexity index is 1610. The Kier molecular flexibility index (Phi) is 9.62. The molecule has 8 nitrogen and oxygen atoms in total. The number of hydrogen-bond donors (Lipinski definition) is 0. The minimum Gasteiger partial charge on any atom is -0.465 e. The number of benzene rings is 1. The quantitative estimate of drug-likeness (QED) is 0.157. The number of fused-ring (bicyclic) bond motifs is 7. The predicted molar refractivity (Wildman–Crippen MR) is 194 cm³/mol. The van der Waals surface area contributed by atoms with Crippen molar-refractivity contribution in [1.29, 1.82) is 0 Å². The van der Waals surface area contributed by atoms with E-state index in [4.69, 9.17) is 18.9 Å². The van der Waals surface area contributed by atoms with Crippen molar-refractivity contribution in [2.75, 3.05) is 6.61 Å². The zero-order valence-corrected chi connectivity index (χ0v) is 32.4. The topological polar surface area (TPSA) is 105 Å². The normalized spacial score (nSPS) is 39.2. The van der Waals surface area contributed by atoms with Crippen LogP contribution in [-0.4, -0.2) is 36.6 Å². The second kappa shape index (κ2) is 13.1. The lowest BCUT2D eigenvalue weighted by Gasteiger charge is -2.73. The molecule has 0 heterocycles. The number of allylic oxidation sites excluding steroid dienone is 1. The second-order valence-corrected chi connectivity index (χ2v) is 18.4. The Balaban J connectivity index is 1.26. The SMILES string of the molecule is C=C(C)[C@@H]1CC[C@]2(COC(C)=O)CC[C@]3(C)[C@H](CC[C@@H]4[C@@]5(C)CC[C@H](OC(=O)c6cccc(OC(C)=O)c6OC(C)=O)C(C)(C)[C@@H]5CC[C@]43C)[C@@H]12. The molecule has 0 amide bonds. The zero-order chi connectivity index (χ0) is 37.3. The van der Waals surface area contributed by atoms with Crippen molar-refractivity contribution in [3.8, 4) is 11.5 Å². The van der Waals surface area contributed by atoms with Crippen LogP contribution >= 0.6 is 0 Å². The summed E-state index contributed by atoms with van der Waals surface area (Å²) in [6.07, 6.45) is 10.5. The van der Waals surface area contributed by atoms with Crippen LogP contribution in [0.3, 0.4) is 0 Å². The van der Waals surface area contributed by atoms with Crippen LogP contribution in [0, 0.1) is 56.7 Å². The zero-order valence-electron chi connectivity index (χ0n) is 32.4. The predicted octanol–water partition coefficient (Wildman–Crippen LogP) is 9.28. The molecule has 0 bridgehead atoms. The van der Waals surface area contributed by atoms with Gasteiger partial charge in [0.15, 0.2) is 11.5 Å². The van der Waals surface area contributed by atoms with Gasteiger partial charge >= 0.3 is 23.9 Å². The van der Waals surface area contributed by atoms with Gasteiger partial charge in [0.25, 0.3) is 0 Å². The van der Waals surface area contributed by atoms with E-state index in [0.717, 1.165) is 51.4 Å². The smallest absolute Gasteiger partial charge is 0.342 e. The number of esters is 4. The van der Waals surface area contributed by atoms with Crippen molar-refractivity contribution < 1.29 is 38.1 Å². The van der Waals surface area contributed by atoms with Crippen LogP contribution in [0.2, 0.25) is 0 Å². The summed E-state index contributed by atoms with van der Waals surface area (Å²) < 4.78 is 22.9. The molecule has 0 radical (unpaired) electrons. The highest BCUT2D eigenvalue weighted by Crippen LogP contribution is 2.77. The first-order chi connectivity index (χ1) is 23.8. The molecule has 1 aromatic carbocycles. The van der Waals surface area contributed by atoms with Gasteiger partial charge in [-0.1, -0.05) is 52.8 Å². The Labute approximate surface area is 304 Å². The summed E-state index contributed by atoms with van der Waals surface area (Å²) in [6.45, 7) is 23.6. The van der Waals surface area contributed by atoms with Crippen molar-refractivity contribution in [3.63, 3.8) is 0 Å². The fourth-order valence-corrected chi connectivity index (χ4v) is 13.3. The van der Waals surface area contributed by atoms with E-state index in [1.54, 1.807) is 12.1 Å². The molecule has 8 heteroatoms. The monoisotopic (exact) mass is 704 g/mol. The number of rotatable bonds is 7. The minimum atomic E-state index is -0.623. The van der Waals surface area contributed by atoms with Gasteiger partial charge in [-0.25, -0.2) is 4.79 Å². The molecule has 5 saturated carbocycles. The molecule has 5 aliphatic rings. The third-order valence-corrected chi connectivity index (χ3v) is 15.7. The van der Waals surface area contributed by atoms with Crippen molar-refractivity contribution in [3.05, 3.63) is 35.9 Å². The highest BCUT2D eigenvalue weighted by molar-refractivity contribution is 5.95. The Hall–Kier alpha value is -3.16. The van der Waals surface area contributed by atoms with Gasteiger partial charge in [-0.15, -0.1) is 0 Å². The molecule has 1 aromatic rings. The molecule has 0 N–H and O–H groups in total. The summed E-state index contributed by atoms with van der Waals surface area (Å²) in [4.78, 5) is 49.7. The van der Waals surface area contributed by atoms with Gasteiger partial charge in [0.05, 0.1) is 6.61 Å². The van der Waals surface area contributed by atoms with Gasteiger partial charge in [0.2, 0.25) is 0 Å². The molecular formula is C43H60O8. The van der Waals surface area contributed by atoms with E-state index in [9.17, 15) is 19.2 Å². The third-order valence-electron chi connectivity index (χ3n) is 15.7. The van der Waals surface area contributed by atoms with E-state index in [2.05, 4.69) is 48.1 Å². The molecule has 0 unspecified atom stereocenters. The van der Waals surface area contributed by atoms with E-state index < -0.39 is 17.9 Å². The molecule has 6 rings (SSSR count). The summed E-state index contributed by atoms with van der Waals surface area (Å²) in [6, 6.07) is 4.64. The molecule has 0 saturated heterocycles. The van der Waals surface area contributed by atoms with Crippen LogP contribution < -0.4 is 9.47 Å². The first-order valence-corrected chi connectivity index (χ1v) is 19.3. The van der Waals surface area contributed by atoms with Gasteiger partial charge in [0, 0.05) is 31.6 Å². The van der Waals surface area contributed by atoms with Crippen LogP contribution in [0.1, 0.15) is 137 Å². The standard InChI is InChI=1S/C43H60O8/c1-25(2)29-16-21-43(24-48-26(3)44)23-22-41(9)31(36(29)43)14-15-34-40(8)19-18-35(39(6,7)33(40)17-20-42(34,41)10)51-38(47)30-12-11-13-32(49-27(4)45)37(30)50-28(5)46/h11-13,29,31,33-36H,1,14-24H2,2-10H3/t29-,31+,33-,34+,35-,36+,40-,41+,42+,43+/m0/s1. The number of carbonyl (C=O) groups is 4. The van der Waals surface area contributed by atoms with E-state index in [-0.39, 0.29) is 56.2 Å². The van der Waals surface area contributed by atoms with Crippen molar-refractivity contribution in [2.45, 2.75) is 133 Å². The summed E-state index contributed by atoms with van der Waals surface area (Å²) in [5.41, 5.74) is 1.51. The van der Waals surface area contributed by atoms with E-state index in [1.165, 1.54) is 45.3 Å². The fraction of sp³-hybridized carbons (Fsp3) is 0.721. The highest BCUT2D eigenvalue weighted by Gasteiger charge is 2.71. The summed E-state index contributed by atoms with van der Waals surface area (Å²) in [5, 5.41) is 0. The van der Waals surface area contributed by atoms with Crippen molar-refractivity contribution in [2.24, 2.45) is 56.7 Å². The Morgan fingerprint density at radius 2 is 1.45 bits per heavy atom. The van der Waals surface area contributed by atoms with Crippen molar-refractivity contribution >= 4 is 23.9 Å². The number of carbonyl (C=O) groups excluding carboxylic acids is 4. The fourth-order valence-electron chi connectivity index (χ4n) is 13.3. The number of para-hydroxylation sites is 1. The average Bonchev–Trinajstić information content (AvgIpc) is 3.42. The molecule has 0 aromatic heterocycles. The first-order valence-electron chi connectivity index (χ1n) is 19.3. The molecule has 0 spiro atoms. The maximum Gasteiger partial charge on any atom is 0.342 e. The van der Waals surface area contributed by atoms with Gasteiger partial charge in [0.1, 0.15) is 11.7 Å². The summed E-state index contributed by atoms with van der Waals surface area (Å²) in [7, 11) is 0.